The van der Waals surface area contributed by atoms with E-state index in [1.165, 1.54) is 11.3 Å². The lowest BCUT2D eigenvalue weighted by Crippen LogP contribution is -2.51. The van der Waals surface area contributed by atoms with E-state index in [2.05, 4.69) is 41.8 Å². The first-order valence-electron chi connectivity index (χ1n) is 12.5. The van der Waals surface area contributed by atoms with Crippen molar-refractivity contribution in [3.8, 4) is 11.3 Å². The molecular weight excluding hydrogens is 448 g/mol. The van der Waals surface area contributed by atoms with Crippen molar-refractivity contribution in [2.24, 2.45) is 5.92 Å². The summed E-state index contributed by atoms with van der Waals surface area (Å²) in [5.41, 5.74) is 1.20. The number of thiophene rings is 1. The van der Waals surface area contributed by atoms with Crippen molar-refractivity contribution >= 4 is 17.2 Å². The molecule has 0 unspecified atom stereocenters. The Morgan fingerprint density at radius 2 is 1.82 bits per heavy atom. The molecule has 8 heteroatoms. The van der Waals surface area contributed by atoms with Crippen molar-refractivity contribution in [3.05, 3.63) is 28.3 Å². The predicted molar refractivity (Wildman–Crippen MR) is 136 cm³/mol. The second-order valence-corrected chi connectivity index (χ2v) is 12.4. The maximum Gasteiger partial charge on any atom is 0.264 e. The third-order valence-corrected chi connectivity index (χ3v) is 7.54. The molecule has 2 fully saturated rings. The quantitative estimate of drug-likeness (QED) is 0.669. The van der Waals surface area contributed by atoms with Crippen LogP contribution in [0.4, 0.5) is 0 Å². The molecule has 188 valence electrons. The van der Waals surface area contributed by atoms with Crippen LogP contribution in [-0.4, -0.2) is 81.9 Å². The largest absolute Gasteiger partial charge is 0.389 e. The Balaban J connectivity index is 1.45. The van der Waals surface area contributed by atoms with E-state index >= 15 is 0 Å². The van der Waals surface area contributed by atoms with Crippen molar-refractivity contribution in [1.29, 1.82) is 0 Å². The normalized spacial score (nSPS) is 19.1. The molecule has 2 aromatic heterocycles. The number of carbonyl (C=O) groups is 1. The SMILES string of the molecule is CC(C)(O)CN1CCN(C(=O)c2cc(-c3cn(CC4CCOCC4)c(C(C)(C)C)n3)cs2)CC1. The molecule has 2 aliphatic rings. The van der Waals surface area contributed by atoms with Crippen molar-refractivity contribution < 1.29 is 14.6 Å². The van der Waals surface area contributed by atoms with E-state index in [1.807, 2.05) is 24.8 Å². The van der Waals surface area contributed by atoms with Crippen LogP contribution in [0.3, 0.4) is 0 Å². The lowest BCUT2D eigenvalue weighted by atomic mass is 9.94. The molecule has 4 rings (SSSR count). The Morgan fingerprint density at radius 3 is 2.44 bits per heavy atom. The molecule has 2 saturated heterocycles. The van der Waals surface area contributed by atoms with Crippen LogP contribution in [0.1, 0.15) is 63.0 Å². The lowest BCUT2D eigenvalue weighted by Gasteiger charge is -2.37. The van der Waals surface area contributed by atoms with E-state index in [9.17, 15) is 9.90 Å². The molecule has 0 spiro atoms. The van der Waals surface area contributed by atoms with Gasteiger partial charge in [-0.15, -0.1) is 11.3 Å². The van der Waals surface area contributed by atoms with Crippen LogP contribution in [0.15, 0.2) is 17.6 Å². The molecule has 0 aromatic carbocycles. The number of β-amino-alcohol motifs (C(OH)–C–C–N with tert-alkyl or cyclic N) is 1. The van der Waals surface area contributed by atoms with Gasteiger partial charge in [-0.05, 0) is 38.7 Å². The Labute approximate surface area is 207 Å². The highest BCUT2D eigenvalue weighted by atomic mass is 32.1. The average Bonchev–Trinajstić information content (AvgIpc) is 3.41. The second kappa shape index (κ2) is 10.1. The maximum absolute atomic E-state index is 13.2. The third-order valence-electron chi connectivity index (χ3n) is 6.62. The number of aromatic nitrogens is 2. The van der Waals surface area contributed by atoms with Crippen LogP contribution in [0, 0.1) is 5.92 Å². The highest BCUT2D eigenvalue weighted by Gasteiger charge is 2.28. The molecule has 34 heavy (non-hydrogen) atoms. The van der Waals surface area contributed by atoms with Gasteiger partial charge in [0.15, 0.2) is 0 Å². The van der Waals surface area contributed by atoms with Gasteiger partial charge in [-0.3, -0.25) is 9.69 Å². The minimum absolute atomic E-state index is 0.0547. The number of imidazole rings is 1. The van der Waals surface area contributed by atoms with Gasteiger partial charge >= 0.3 is 0 Å². The third kappa shape index (κ3) is 6.27. The molecule has 0 radical (unpaired) electrons. The van der Waals surface area contributed by atoms with Gasteiger partial charge in [0.1, 0.15) is 5.82 Å². The van der Waals surface area contributed by atoms with Crippen LogP contribution in [0.5, 0.6) is 0 Å². The van der Waals surface area contributed by atoms with Gasteiger partial charge in [0, 0.05) is 75.0 Å². The number of hydrogen-bond donors (Lipinski definition) is 1. The van der Waals surface area contributed by atoms with Crippen LogP contribution in [0.25, 0.3) is 11.3 Å². The first-order chi connectivity index (χ1) is 16.0. The average molecular weight is 489 g/mol. The number of ether oxygens (including phenoxy) is 1. The number of carbonyl (C=O) groups excluding carboxylic acids is 1. The van der Waals surface area contributed by atoms with E-state index in [4.69, 9.17) is 9.72 Å². The number of piperazine rings is 1. The Bertz CT molecular complexity index is 971. The molecule has 0 saturated carbocycles. The molecular formula is C26H40N4O3S. The molecule has 1 amide bonds. The monoisotopic (exact) mass is 488 g/mol. The number of hydrogen-bond acceptors (Lipinski definition) is 6. The van der Waals surface area contributed by atoms with Crippen LogP contribution in [-0.2, 0) is 16.7 Å². The molecule has 1 N–H and O–H groups in total. The molecule has 0 aliphatic carbocycles. The zero-order valence-corrected chi connectivity index (χ0v) is 22.2. The second-order valence-electron chi connectivity index (χ2n) is 11.5. The maximum atomic E-state index is 13.2. The predicted octanol–water partition coefficient (Wildman–Crippen LogP) is 3.86. The van der Waals surface area contributed by atoms with Crippen molar-refractivity contribution in [3.63, 3.8) is 0 Å². The molecule has 0 bridgehead atoms. The minimum atomic E-state index is -0.713. The number of rotatable bonds is 6. The number of amides is 1. The van der Waals surface area contributed by atoms with Gasteiger partial charge in [0.05, 0.1) is 16.2 Å². The van der Waals surface area contributed by atoms with Crippen molar-refractivity contribution in [2.75, 3.05) is 45.9 Å². The molecule has 7 nitrogen and oxygen atoms in total. The topological polar surface area (TPSA) is 70.8 Å². The van der Waals surface area contributed by atoms with Gasteiger partial charge in [-0.25, -0.2) is 4.98 Å². The Hall–Kier alpha value is -1.74. The van der Waals surface area contributed by atoms with Gasteiger partial charge in [-0.2, -0.15) is 0 Å². The summed E-state index contributed by atoms with van der Waals surface area (Å²) in [6, 6.07) is 2.00. The highest BCUT2D eigenvalue weighted by Crippen LogP contribution is 2.31. The van der Waals surface area contributed by atoms with E-state index in [0.717, 1.165) is 67.6 Å². The fourth-order valence-electron chi connectivity index (χ4n) is 4.89. The van der Waals surface area contributed by atoms with E-state index in [1.54, 1.807) is 0 Å². The number of aliphatic hydroxyl groups is 1. The van der Waals surface area contributed by atoms with Gasteiger partial charge in [0.25, 0.3) is 5.91 Å². The smallest absolute Gasteiger partial charge is 0.264 e. The summed E-state index contributed by atoms with van der Waals surface area (Å²) in [6.45, 7) is 16.5. The summed E-state index contributed by atoms with van der Waals surface area (Å²) in [4.78, 5) is 23.1. The van der Waals surface area contributed by atoms with E-state index < -0.39 is 5.60 Å². The molecule has 2 aliphatic heterocycles. The molecule has 0 atom stereocenters. The Kier molecular flexibility index (Phi) is 7.53. The summed E-state index contributed by atoms with van der Waals surface area (Å²) in [5.74, 6) is 1.81. The zero-order chi connectivity index (χ0) is 24.5. The Morgan fingerprint density at radius 1 is 1.15 bits per heavy atom. The van der Waals surface area contributed by atoms with Crippen molar-refractivity contribution in [1.82, 2.24) is 19.4 Å². The van der Waals surface area contributed by atoms with Gasteiger partial charge in [0.2, 0.25) is 0 Å². The summed E-state index contributed by atoms with van der Waals surface area (Å²) in [7, 11) is 0. The zero-order valence-electron chi connectivity index (χ0n) is 21.3. The standard InChI is InChI=1S/C26H40N4O3S/c1-25(2,3)24-27-21(16-30(24)15-19-6-12-33-13-7-19)20-14-22(34-17-20)23(31)29-10-8-28(9-11-29)18-26(4,5)32/h14,16-17,19,32H,6-13,15,18H2,1-5H3. The first-order valence-corrected chi connectivity index (χ1v) is 13.4. The highest BCUT2D eigenvalue weighted by molar-refractivity contribution is 7.12. The fraction of sp³-hybridized carbons (Fsp3) is 0.692. The lowest BCUT2D eigenvalue weighted by molar-refractivity contribution is 0.0179. The van der Waals surface area contributed by atoms with Crippen LogP contribution >= 0.6 is 11.3 Å². The molecule has 2 aromatic rings. The fourth-order valence-corrected chi connectivity index (χ4v) is 5.76. The first kappa shape index (κ1) is 25.4. The van der Waals surface area contributed by atoms with Crippen LogP contribution in [0.2, 0.25) is 0 Å². The minimum Gasteiger partial charge on any atom is -0.389 e. The van der Waals surface area contributed by atoms with Crippen molar-refractivity contribution in [2.45, 2.75) is 65.0 Å². The van der Waals surface area contributed by atoms with Crippen LogP contribution < -0.4 is 0 Å². The van der Waals surface area contributed by atoms with Gasteiger partial charge in [-0.1, -0.05) is 20.8 Å². The summed E-state index contributed by atoms with van der Waals surface area (Å²) in [6.07, 6.45) is 4.36. The summed E-state index contributed by atoms with van der Waals surface area (Å²) >= 11 is 1.50. The molecule has 4 heterocycles. The number of nitrogens with zero attached hydrogens (tertiary/aromatic N) is 4. The van der Waals surface area contributed by atoms with E-state index in [0.29, 0.717) is 25.6 Å². The summed E-state index contributed by atoms with van der Waals surface area (Å²) < 4.78 is 7.86. The summed E-state index contributed by atoms with van der Waals surface area (Å²) in [5, 5.41) is 12.1. The van der Waals surface area contributed by atoms with Gasteiger partial charge < -0.3 is 19.3 Å². The van der Waals surface area contributed by atoms with E-state index in [-0.39, 0.29) is 11.3 Å².